The Morgan fingerprint density at radius 3 is 2.15 bits per heavy atom. The summed E-state index contributed by atoms with van der Waals surface area (Å²) < 4.78 is 21.5. The molecule has 6 heteroatoms. The Hall–Kier alpha value is -3.15. The Morgan fingerprint density at radius 2 is 1.56 bits per heavy atom. The highest BCUT2D eigenvalue weighted by Crippen LogP contribution is 2.30. The van der Waals surface area contributed by atoms with Crippen molar-refractivity contribution in [1.82, 2.24) is 0 Å². The van der Waals surface area contributed by atoms with Crippen LogP contribution in [0.15, 0.2) is 42.5 Å². The first kappa shape index (κ1) is 20.2. The summed E-state index contributed by atoms with van der Waals surface area (Å²) in [6.07, 6.45) is 3.14. The van der Waals surface area contributed by atoms with Crippen LogP contribution >= 0.6 is 0 Å². The first-order valence-electron chi connectivity index (χ1n) is 8.71. The summed E-state index contributed by atoms with van der Waals surface area (Å²) >= 11 is 0. The molecule has 0 spiro atoms. The monoisotopic (exact) mass is 371 g/mol. The van der Waals surface area contributed by atoms with Gasteiger partial charge in [-0.25, -0.2) is 0 Å². The first-order chi connectivity index (χ1) is 13.1. The molecule has 2 aromatic rings. The van der Waals surface area contributed by atoms with E-state index in [1.807, 2.05) is 26.0 Å². The van der Waals surface area contributed by atoms with Gasteiger partial charge < -0.3 is 24.3 Å². The van der Waals surface area contributed by atoms with Gasteiger partial charge in [0.2, 0.25) is 5.91 Å². The maximum atomic E-state index is 12.2. The molecule has 2 aromatic carbocycles. The summed E-state index contributed by atoms with van der Waals surface area (Å²) in [5.41, 5.74) is 1.42. The molecule has 0 aliphatic heterocycles. The van der Waals surface area contributed by atoms with E-state index in [1.165, 1.54) is 6.08 Å². The number of carbonyl (C=O) groups excluding carboxylic acids is 1. The molecule has 2 rings (SSSR count). The van der Waals surface area contributed by atoms with Gasteiger partial charge in [0.05, 0.1) is 27.4 Å². The topological polar surface area (TPSA) is 66.0 Å². The predicted octanol–water partition coefficient (Wildman–Crippen LogP) is 4.15. The zero-order valence-corrected chi connectivity index (χ0v) is 16.1. The smallest absolute Gasteiger partial charge is 0.248 e. The SMILES string of the molecule is CCOc1ccc(NC(=O)/C=C/c2cc(OC)cc(OC)c2)cc1OCC. The standard InChI is InChI=1S/C21H25NO5/c1-5-26-19-9-8-16(13-20(19)27-6-2)22-21(23)10-7-15-11-17(24-3)14-18(12-15)25-4/h7-14H,5-6H2,1-4H3,(H,22,23)/b10-7+. The van der Waals surface area contributed by atoms with Gasteiger partial charge in [0.15, 0.2) is 11.5 Å². The Labute approximate surface area is 159 Å². The summed E-state index contributed by atoms with van der Waals surface area (Å²) in [7, 11) is 3.16. The van der Waals surface area contributed by atoms with Crippen LogP contribution in [0.1, 0.15) is 19.4 Å². The van der Waals surface area contributed by atoms with Crippen molar-refractivity contribution in [2.24, 2.45) is 0 Å². The Balaban J connectivity index is 2.11. The van der Waals surface area contributed by atoms with Crippen LogP contribution in [-0.2, 0) is 4.79 Å². The molecule has 1 N–H and O–H groups in total. The number of ether oxygens (including phenoxy) is 4. The molecule has 0 saturated carbocycles. The average Bonchev–Trinajstić information content (AvgIpc) is 2.68. The lowest BCUT2D eigenvalue weighted by molar-refractivity contribution is -0.111. The van der Waals surface area contributed by atoms with E-state index < -0.39 is 0 Å². The number of hydrogen-bond donors (Lipinski definition) is 1. The second kappa shape index (κ2) is 10.1. The number of hydrogen-bond acceptors (Lipinski definition) is 5. The fourth-order valence-corrected chi connectivity index (χ4v) is 2.41. The van der Waals surface area contributed by atoms with Crippen LogP contribution in [0.4, 0.5) is 5.69 Å². The molecule has 0 heterocycles. The number of benzene rings is 2. The van der Waals surface area contributed by atoms with Crippen molar-refractivity contribution in [2.75, 3.05) is 32.8 Å². The molecule has 0 aliphatic carbocycles. The Bertz CT molecular complexity index is 779. The zero-order valence-electron chi connectivity index (χ0n) is 16.1. The van der Waals surface area contributed by atoms with E-state index in [9.17, 15) is 4.79 Å². The minimum atomic E-state index is -0.261. The summed E-state index contributed by atoms with van der Waals surface area (Å²) in [5.74, 6) is 2.29. The molecule has 0 fully saturated rings. The van der Waals surface area contributed by atoms with Crippen LogP contribution in [0.3, 0.4) is 0 Å². The van der Waals surface area contributed by atoms with Gasteiger partial charge in [-0.15, -0.1) is 0 Å². The number of nitrogens with one attached hydrogen (secondary N) is 1. The van der Waals surface area contributed by atoms with E-state index in [0.29, 0.717) is 41.9 Å². The van der Waals surface area contributed by atoms with Crippen molar-refractivity contribution in [2.45, 2.75) is 13.8 Å². The molecule has 27 heavy (non-hydrogen) atoms. The zero-order chi connectivity index (χ0) is 19.6. The number of methoxy groups -OCH3 is 2. The van der Waals surface area contributed by atoms with Gasteiger partial charge in [-0.3, -0.25) is 4.79 Å². The van der Waals surface area contributed by atoms with E-state index in [4.69, 9.17) is 18.9 Å². The van der Waals surface area contributed by atoms with Gasteiger partial charge in [-0.2, -0.15) is 0 Å². The fourth-order valence-electron chi connectivity index (χ4n) is 2.41. The van der Waals surface area contributed by atoms with E-state index in [2.05, 4.69) is 5.32 Å². The molecule has 6 nitrogen and oxygen atoms in total. The van der Waals surface area contributed by atoms with Gasteiger partial charge in [-0.1, -0.05) is 0 Å². The molecule has 0 atom stereocenters. The van der Waals surface area contributed by atoms with Crippen molar-refractivity contribution in [3.05, 3.63) is 48.0 Å². The Kier molecular flexibility index (Phi) is 7.55. The summed E-state index contributed by atoms with van der Waals surface area (Å²) in [4.78, 5) is 12.2. The van der Waals surface area contributed by atoms with Crippen molar-refractivity contribution in [1.29, 1.82) is 0 Å². The minimum Gasteiger partial charge on any atom is -0.497 e. The maximum Gasteiger partial charge on any atom is 0.248 e. The molecular formula is C21H25NO5. The summed E-state index contributed by atoms with van der Waals surface area (Å²) in [6, 6.07) is 10.7. The van der Waals surface area contributed by atoms with Crippen molar-refractivity contribution < 1.29 is 23.7 Å². The van der Waals surface area contributed by atoms with Crippen molar-refractivity contribution >= 4 is 17.7 Å². The number of amides is 1. The third kappa shape index (κ3) is 5.95. The maximum absolute atomic E-state index is 12.2. The lowest BCUT2D eigenvalue weighted by Gasteiger charge is -2.12. The lowest BCUT2D eigenvalue weighted by Crippen LogP contribution is -2.08. The van der Waals surface area contributed by atoms with E-state index in [1.54, 1.807) is 44.6 Å². The summed E-state index contributed by atoms with van der Waals surface area (Å²) in [5, 5.41) is 2.81. The summed E-state index contributed by atoms with van der Waals surface area (Å²) in [6.45, 7) is 4.85. The van der Waals surface area contributed by atoms with Gasteiger partial charge in [0.1, 0.15) is 11.5 Å². The number of rotatable bonds is 9. The van der Waals surface area contributed by atoms with Gasteiger partial charge >= 0.3 is 0 Å². The molecule has 1 amide bonds. The lowest BCUT2D eigenvalue weighted by atomic mass is 10.2. The molecular weight excluding hydrogens is 346 g/mol. The van der Waals surface area contributed by atoms with Crippen LogP contribution in [0.2, 0.25) is 0 Å². The highest BCUT2D eigenvalue weighted by atomic mass is 16.5. The Morgan fingerprint density at radius 1 is 0.926 bits per heavy atom. The minimum absolute atomic E-state index is 0.261. The molecule has 0 radical (unpaired) electrons. The van der Waals surface area contributed by atoms with Gasteiger partial charge in [0.25, 0.3) is 0 Å². The van der Waals surface area contributed by atoms with Crippen LogP contribution < -0.4 is 24.3 Å². The molecule has 0 aromatic heterocycles. The predicted molar refractivity (Wildman–Crippen MR) is 106 cm³/mol. The van der Waals surface area contributed by atoms with Gasteiger partial charge in [0, 0.05) is 23.9 Å². The molecule has 0 aliphatic rings. The van der Waals surface area contributed by atoms with Crippen LogP contribution in [-0.4, -0.2) is 33.3 Å². The normalized spacial score (nSPS) is 10.5. The molecule has 0 unspecified atom stereocenters. The van der Waals surface area contributed by atoms with Crippen molar-refractivity contribution in [3.8, 4) is 23.0 Å². The third-order valence-electron chi connectivity index (χ3n) is 3.61. The number of anilines is 1. The fraction of sp³-hybridized carbons (Fsp3) is 0.286. The quantitative estimate of drug-likeness (QED) is 0.671. The van der Waals surface area contributed by atoms with Gasteiger partial charge in [-0.05, 0) is 49.8 Å². The third-order valence-corrected chi connectivity index (χ3v) is 3.61. The number of carbonyl (C=O) groups is 1. The molecule has 0 bridgehead atoms. The largest absolute Gasteiger partial charge is 0.497 e. The van der Waals surface area contributed by atoms with E-state index >= 15 is 0 Å². The second-order valence-corrected chi connectivity index (χ2v) is 5.50. The van der Waals surface area contributed by atoms with Crippen LogP contribution in [0.25, 0.3) is 6.08 Å². The second-order valence-electron chi connectivity index (χ2n) is 5.50. The van der Waals surface area contributed by atoms with Crippen molar-refractivity contribution in [3.63, 3.8) is 0 Å². The molecule has 144 valence electrons. The highest BCUT2D eigenvalue weighted by Gasteiger charge is 2.07. The average molecular weight is 371 g/mol. The van der Waals surface area contributed by atoms with Crippen LogP contribution in [0, 0.1) is 0 Å². The first-order valence-corrected chi connectivity index (χ1v) is 8.71. The highest BCUT2D eigenvalue weighted by molar-refractivity contribution is 6.02. The molecule has 0 saturated heterocycles. The van der Waals surface area contributed by atoms with Crippen LogP contribution in [0.5, 0.6) is 23.0 Å². The van der Waals surface area contributed by atoms with E-state index in [0.717, 1.165) is 5.56 Å². The van der Waals surface area contributed by atoms with E-state index in [-0.39, 0.29) is 5.91 Å².